The van der Waals surface area contributed by atoms with Gasteiger partial charge in [0.05, 0.1) is 5.92 Å². The summed E-state index contributed by atoms with van der Waals surface area (Å²) in [6, 6.07) is 8.31. The normalized spacial score (nSPS) is 19.1. The van der Waals surface area contributed by atoms with E-state index in [2.05, 4.69) is 32.9 Å². The van der Waals surface area contributed by atoms with Gasteiger partial charge in [-0.15, -0.1) is 11.8 Å². The van der Waals surface area contributed by atoms with E-state index in [0.717, 1.165) is 12.2 Å². The summed E-state index contributed by atoms with van der Waals surface area (Å²) < 4.78 is 0. The van der Waals surface area contributed by atoms with Crippen LogP contribution in [0.25, 0.3) is 0 Å². The second kappa shape index (κ2) is 4.85. The number of thioether (sulfide) groups is 1. The van der Waals surface area contributed by atoms with Crippen LogP contribution in [0.15, 0.2) is 29.2 Å². The highest BCUT2D eigenvalue weighted by molar-refractivity contribution is 7.99. The monoisotopic (exact) mass is 248 g/mol. The van der Waals surface area contributed by atoms with Gasteiger partial charge in [-0.3, -0.25) is 4.79 Å². The van der Waals surface area contributed by atoms with Crippen molar-refractivity contribution in [3.63, 3.8) is 0 Å². The van der Waals surface area contributed by atoms with E-state index < -0.39 is 0 Å². The Balaban J connectivity index is 2.03. The summed E-state index contributed by atoms with van der Waals surface area (Å²) in [5, 5.41) is 0. The lowest BCUT2D eigenvalue weighted by atomic mass is 9.86. The number of carbonyl (C=O) groups is 1. The minimum Gasteiger partial charge on any atom is -0.299 e. The Labute approximate surface area is 108 Å². The number of rotatable bonds is 3. The molecule has 1 aromatic rings. The van der Waals surface area contributed by atoms with Crippen molar-refractivity contribution in [1.82, 2.24) is 0 Å². The van der Waals surface area contributed by atoms with Gasteiger partial charge in [-0.05, 0) is 23.5 Å². The van der Waals surface area contributed by atoms with Gasteiger partial charge in [-0.1, -0.05) is 39.0 Å². The summed E-state index contributed by atoms with van der Waals surface area (Å²) in [6.45, 7) is 6.58. The molecule has 1 atom stereocenters. The highest BCUT2D eigenvalue weighted by Gasteiger charge is 2.29. The second-order valence-electron chi connectivity index (χ2n) is 5.93. The summed E-state index contributed by atoms with van der Waals surface area (Å²) in [7, 11) is 0. The van der Waals surface area contributed by atoms with Crippen LogP contribution in [-0.4, -0.2) is 11.5 Å². The van der Waals surface area contributed by atoms with Crippen molar-refractivity contribution < 1.29 is 4.79 Å². The number of hydrogen-bond donors (Lipinski definition) is 0. The van der Waals surface area contributed by atoms with Crippen molar-refractivity contribution in [1.29, 1.82) is 0 Å². The second-order valence-corrected chi connectivity index (χ2v) is 6.99. The van der Waals surface area contributed by atoms with Gasteiger partial charge in [0.25, 0.3) is 0 Å². The Kier molecular flexibility index (Phi) is 3.62. The number of fused-ring (bicyclic) bond motifs is 1. The predicted molar refractivity (Wildman–Crippen MR) is 73.6 cm³/mol. The van der Waals surface area contributed by atoms with Crippen molar-refractivity contribution in [2.24, 2.45) is 5.41 Å². The molecule has 0 N–H and O–H groups in total. The average molecular weight is 248 g/mol. The maximum Gasteiger partial charge on any atom is 0.141 e. The molecule has 0 radical (unpaired) electrons. The highest BCUT2D eigenvalue weighted by Crippen LogP contribution is 2.40. The zero-order chi connectivity index (χ0) is 12.5. The first kappa shape index (κ1) is 12.7. The third-order valence-electron chi connectivity index (χ3n) is 3.21. The van der Waals surface area contributed by atoms with Gasteiger partial charge in [0.15, 0.2) is 0 Å². The molecule has 0 fully saturated rings. The van der Waals surface area contributed by atoms with Crippen LogP contribution in [-0.2, 0) is 4.79 Å². The van der Waals surface area contributed by atoms with Gasteiger partial charge in [-0.2, -0.15) is 0 Å². The third-order valence-corrected chi connectivity index (χ3v) is 4.39. The topological polar surface area (TPSA) is 17.1 Å². The van der Waals surface area contributed by atoms with E-state index in [1.165, 1.54) is 10.5 Å². The Morgan fingerprint density at radius 3 is 2.76 bits per heavy atom. The first-order chi connectivity index (χ1) is 7.97. The van der Waals surface area contributed by atoms with Crippen LogP contribution in [0.3, 0.4) is 0 Å². The molecule has 92 valence electrons. The van der Waals surface area contributed by atoms with Gasteiger partial charge in [0, 0.05) is 17.1 Å². The average Bonchev–Trinajstić information content (AvgIpc) is 2.68. The van der Waals surface area contributed by atoms with Crippen molar-refractivity contribution in [2.45, 2.75) is 44.4 Å². The van der Waals surface area contributed by atoms with Crippen LogP contribution in [0, 0.1) is 5.41 Å². The molecule has 0 bridgehead atoms. The van der Waals surface area contributed by atoms with Crippen molar-refractivity contribution >= 4 is 17.5 Å². The van der Waals surface area contributed by atoms with Gasteiger partial charge in [-0.25, -0.2) is 0 Å². The first-order valence-corrected chi connectivity index (χ1v) is 7.20. The summed E-state index contributed by atoms with van der Waals surface area (Å²) in [5.41, 5.74) is 1.50. The molecule has 0 saturated carbocycles. The molecule has 0 amide bonds. The highest BCUT2D eigenvalue weighted by atomic mass is 32.2. The van der Waals surface area contributed by atoms with Crippen LogP contribution in [0.5, 0.6) is 0 Å². The van der Waals surface area contributed by atoms with E-state index in [1.807, 2.05) is 23.9 Å². The summed E-state index contributed by atoms with van der Waals surface area (Å²) in [5.74, 6) is 1.48. The Morgan fingerprint density at radius 1 is 1.35 bits per heavy atom. The maximum absolute atomic E-state index is 12.2. The van der Waals surface area contributed by atoms with E-state index in [-0.39, 0.29) is 11.3 Å². The standard InChI is InChI=1S/C15H20OS/c1-15(2,3)9-8-13(16)12-10-17-14-7-5-4-6-11(12)14/h4-7,12H,8-10H2,1-3H3. The fourth-order valence-corrected chi connectivity index (χ4v) is 3.36. The summed E-state index contributed by atoms with van der Waals surface area (Å²) in [6.07, 6.45) is 1.69. The molecular formula is C15H20OS. The predicted octanol–water partition coefficient (Wildman–Crippen LogP) is 4.27. The molecule has 0 aliphatic carbocycles. The molecule has 1 aromatic carbocycles. The molecule has 1 aliphatic rings. The van der Waals surface area contributed by atoms with Crippen LogP contribution in [0.4, 0.5) is 0 Å². The van der Waals surface area contributed by atoms with Crippen LogP contribution in [0.1, 0.15) is 45.1 Å². The molecule has 1 aliphatic heterocycles. The van der Waals surface area contributed by atoms with E-state index in [0.29, 0.717) is 12.2 Å². The third kappa shape index (κ3) is 3.12. The van der Waals surface area contributed by atoms with Crippen molar-refractivity contribution in [3.8, 4) is 0 Å². The van der Waals surface area contributed by atoms with Crippen molar-refractivity contribution in [3.05, 3.63) is 29.8 Å². The SMILES string of the molecule is CC(C)(C)CCC(=O)C1CSc2ccccc21. The molecule has 0 spiro atoms. The van der Waals surface area contributed by atoms with Gasteiger partial charge in [0.2, 0.25) is 0 Å². The summed E-state index contributed by atoms with van der Waals surface area (Å²) >= 11 is 1.82. The fourth-order valence-electron chi connectivity index (χ4n) is 2.10. The number of benzene rings is 1. The minimum absolute atomic E-state index is 0.138. The van der Waals surface area contributed by atoms with Crippen LogP contribution in [0.2, 0.25) is 0 Å². The van der Waals surface area contributed by atoms with Gasteiger partial charge >= 0.3 is 0 Å². The van der Waals surface area contributed by atoms with Crippen LogP contribution < -0.4 is 0 Å². The van der Waals surface area contributed by atoms with E-state index in [9.17, 15) is 4.79 Å². The Bertz CT molecular complexity index is 417. The molecule has 1 nitrogen and oxygen atoms in total. The van der Waals surface area contributed by atoms with Gasteiger partial charge < -0.3 is 0 Å². The molecule has 17 heavy (non-hydrogen) atoms. The lowest BCUT2D eigenvalue weighted by molar-refractivity contribution is -0.120. The Hall–Kier alpha value is -0.760. The quantitative estimate of drug-likeness (QED) is 0.794. The lowest BCUT2D eigenvalue weighted by Gasteiger charge is -2.18. The molecule has 0 aromatic heterocycles. The number of Topliss-reactive ketones (excluding diaryl/α,β-unsaturated/α-hetero) is 1. The first-order valence-electron chi connectivity index (χ1n) is 6.22. The molecule has 2 heteroatoms. The van der Waals surface area contributed by atoms with Gasteiger partial charge in [0.1, 0.15) is 5.78 Å². The zero-order valence-corrected chi connectivity index (χ0v) is 11.6. The molecular weight excluding hydrogens is 228 g/mol. The van der Waals surface area contributed by atoms with Crippen molar-refractivity contribution in [2.75, 3.05) is 5.75 Å². The van der Waals surface area contributed by atoms with Crippen LogP contribution >= 0.6 is 11.8 Å². The molecule has 2 rings (SSSR count). The molecule has 0 saturated heterocycles. The largest absolute Gasteiger partial charge is 0.299 e. The number of ketones is 1. The summed E-state index contributed by atoms with van der Waals surface area (Å²) in [4.78, 5) is 13.5. The molecule has 1 unspecified atom stereocenters. The lowest BCUT2D eigenvalue weighted by Crippen LogP contribution is -2.15. The number of carbonyl (C=O) groups excluding carboxylic acids is 1. The maximum atomic E-state index is 12.2. The fraction of sp³-hybridized carbons (Fsp3) is 0.533. The smallest absolute Gasteiger partial charge is 0.141 e. The van der Waals surface area contributed by atoms with E-state index >= 15 is 0 Å². The minimum atomic E-state index is 0.138. The van der Waals surface area contributed by atoms with E-state index in [4.69, 9.17) is 0 Å². The zero-order valence-electron chi connectivity index (χ0n) is 10.8. The number of hydrogen-bond acceptors (Lipinski definition) is 2. The van der Waals surface area contributed by atoms with E-state index in [1.54, 1.807) is 0 Å². The Morgan fingerprint density at radius 2 is 2.06 bits per heavy atom. The molecule has 1 heterocycles.